The molecular weight excluding hydrogens is 238 g/mol. The van der Waals surface area contributed by atoms with Crippen LogP contribution in [0, 0.1) is 6.92 Å². The van der Waals surface area contributed by atoms with E-state index in [-0.39, 0.29) is 5.91 Å². The molecule has 1 aromatic carbocycles. The largest absolute Gasteiger partial charge is 0.340 e. The van der Waals surface area contributed by atoms with Crippen LogP contribution in [0.2, 0.25) is 0 Å². The molecule has 4 nitrogen and oxygen atoms in total. The van der Waals surface area contributed by atoms with Crippen LogP contribution < -0.4 is 10.6 Å². The zero-order chi connectivity index (χ0) is 13.5. The van der Waals surface area contributed by atoms with Gasteiger partial charge in [-0.15, -0.1) is 0 Å². The number of nitrogens with zero attached hydrogens (tertiary/aromatic N) is 1. The molecule has 0 bridgehead atoms. The van der Waals surface area contributed by atoms with E-state index in [1.165, 1.54) is 5.56 Å². The van der Waals surface area contributed by atoms with Crippen molar-refractivity contribution in [1.29, 1.82) is 0 Å². The van der Waals surface area contributed by atoms with Crippen molar-refractivity contribution < 1.29 is 4.79 Å². The van der Waals surface area contributed by atoms with Crippen LogP contribution in [0.1, 0.15) is 11.1 Å². The van der Waals surface area contributed by atoms with Crippen molar-refractivity contribution in [3.63, 3.8) is 0 Å². The molecule has 1 fully saturated rings. The monoisotopic (exact) mass is 259 g/mol. The predicted molar refractivity (Wildman–Crippen MR) is 77.7 cm³/mol. The molecule has 102 valence electrons. The van der Waals surface area contributed by atoms with Gasteiger partial charge in [-0.1, -0.05) is 29.8 Å². The van der Waals surface area contributed by atoms with Crippen LogP contribution in [0.5, 0.6) is 0 Å². The molecule has 1 saturated heterocycles. The number of benzene rings is 1. The van der Waals surface area contributed by atoms with Gasteiger partial charge in [0.15, 0.2) is 0 Å². The summed E-state index contributed by atoms with van der Waals surface area (Å²) in [5.41, 5.74) is 2.27. The number of carbonyl (C=O) groups is 1. The molecule has 0 aromatic heterocycles. The van der Waals surface area contributed by atoms with Crippen LogP contribution in [-0.4, -0.2) is 43.7 Å². The second kappa shape index (κ2) is 7.07. The summed E-state index contributed by atoms with van der Waals surface area (Å²) in [5.74, 6) is -0.0425. The van der Waals surface area contributed by atoms with Crippen LogP contribution in [-0.2, 0) is 4.79 Å². The lowest BCUT2D eigenvalue weighted by Gasteiger charge is -2.26. The molecule has 2 N–H and O–H groups in total. The summed E-state index contributed by atoms with van der Waals surface area (Å²) in [6, 6.07) is 8.10. The number of piperazine rings is 1. The van der Waals surface area contributed by atoms with E-state index in [1.807, 2.05) is 37.3 Å². The Kier molecular flexibility index (Phi) is 5.12. The van der Waals surface area contributed by atoms with Crippen molar-refractivity contribution in [1.82, 2.24) is 15.5 Å². The lowest BCUT2D eigenvalue weighted by atomic mass is 10.1. The molecule has 4 heteroatoms. The van der Waals surface area contributed by atoms with Crippen molar-refractivity contribution in [3.8, 4) is 0 Å². The molecule has 0 atom stereocenters. The predicted octanol–water partition coefficient (Wildman–Crippen LogP) is 0.987. The van der Waals surface area contributed by atoms with E-state index in [9.17, 15) is 4.79 Å². The van der Waals surface area contributed by atoms with Crippen LogP contribution in [0.3, 0.4) is 0 Å². The van der Waals surface area contributed by atoms with Crippen molar-refractivity contribution in [2.75, 3.05) is 32.8 Å². The highest BCUT2D eigenvalue weighted by molar-refractivity contribution is 5.91. The van der Waals surface area contributed by atoms with Crippen molar-refractivity contribution in [2.24, 2.45) is 0 Å². The highest BCUT2D eigenvalue weighted by Gasteiger charge is 2.08. The topological polar surface area (TPSA) is 44.4 Å². The molecular formula is C15H21N3O. The first-order valence-electron chi connectivity index (χ1n) is 6.70. The number of amides is 1. The second-order valence-corrected chi connectivity index (χ2v) is 4.81. The van der Waals surface area contributed by atoms with Gasteiger partial charge in [-0.25, -0.2) is 0 Å². The highest BCUT2D eigenvalue weighted by Crippen LogP contribution is 2.04. The first-order valence-corrected chi connectivity index (χ1v) is 6.70. The molecule has 1 aromatic rings. The molecule has 0 aliphatic carbocycles. The van der Waals surface area contributed by atoms with Crippen LogP contribution >= 0.6 is 0 Å². The van der Waals surface area contributed by atoms with Gasteiger partial charge in [0.2, 0.25) is 5.91 Å². The van der Waals surface area contributed by atoms with Crippen molar-refractivity contribution in [3.05, 3.63) is 41.5 Å². The molecule has 19 heavy (non-hydrogen) atoms. The fourth-order valence-corrected chi connectivity index (χ4v) is 1.97. The normalized spacial score (nSPS) is 16.7. The number of carbonyl (C=O) groups excluding carboxylic acids is 1. The number of hydrogen-bond donors (Lipinski definition) is 2. The summed E-state index contributed by atoms with van der Waals surface area (Å²) in [4.78, 5) is 13.9. The summed E-state index contributed by atoms with van der Waals surface area (Å²) in [6.07, 6.45) is 3.43. The maximum absolute atomic E-state index is 11.7. The molecule has 0 saturated carbocycles. The number of hydrogen-bond acceptors (Lipinski definition) is 3. The summed E-state index contributed by atoms with van der Waals surface area (Å²) in [5, 5.41) is 6.19. The third-order valence-corrected chi connectivity index (χ3v) is 3.19. The van der Waals surface area contributed by atoms with E-state index in [1.54, 1.807) is 6.08 Å². The third-order valence-electron chi connectivity index (χ3n) is 3.19. The third kappa shape index (κ3) is 4.85. The Hall–Kier alpha value is -1.65. The zero-order valence-electron chi connectivity index (χ0n) is 11.4. The molecule has 1 heterocycles. The fourth-order valence-electron chi connectivity index (χ4n) is 1.97. The molecule has 2 rings (SSSR count). The Morgan fingerprint density at radius 2 is 2.00 bits per heavy atom. The zero-order valence-corrected chi connectivity index (χ0v) is 11.4. The van der Waals surface area contributed by atoms with E-state index >= 15 is 0 Å². The lowest BCUT2D eigenvalue weighted by Crippen LogP contribution is -2.47. The minimum absolute atomic E-state index is 0.0425. The van der Waals surface area contributed by atoms with Gasteiger partial charge in [0.1, 0.15) is 0 Å². The Bertz CT molecular complexity index is 433. The van der Waals surface area contributed by atoms with Crippen LogP contribution in [0.15, 0.2) is 30.3 Å². The highest BCUT2D eigenvalue weighted by atomic mass is 16.1. The Labute approximate surface area is 114 Å². The van der Waals surface area contributed by atoms with E-state index < -0.39 is 0 Å². The number of rotatable bonds is 4. The average Bonchev–Trinajstić information content (AvgIpc) is 2.45. The molecule has 1 aliphatic heterocycles. The minimum atomic E-state index is -0.0425. The number of aryl methyl sites for hydroxylation is 1. The lowest BCUT2D eigenvalue weighted by molar-refractivity contribution is -0.117. The fraction of sp³-hybridized carbons (Fsp3) is 0.400. The second-order valence-electron chi connectivity index (χ2n) is 4.81. The SMILES string of the molecule is Cc1ccc(/C=C/C(=O)NCN2CCNCC2)cc1. The van der Waals surface area contributed by atoms with E-state index in [4.69, 9.17) is 0 Å². The van der Waals surface area contributed by atoms with Gasteiger partial charge in [-0.05, 0) is 18.6 Å². The van der Waals surface area contributed by atoms with Crippen molar-refractivity contribution >= 4 is 12.0 Å². The first-order chi connectivity index (χ1) is 9.24. The Balaban J connectivity index is 1.75. The molecule has 0 spiro atoms. The van der Waals surface area contributed by atoms with Gasteiger partial charge in [-0.2, -0.15) is 0 Å². The van der Waals surface area contributed by atoms with Gasteiger partial charge >= 0.3 is 0 Å². The smallest absolute Gasteiger partial charge is 0.245 e. The van der Waals surface area contributed by atoms with Crippen molar-refractivity contribution in [2.45, 2.75) is 6.92 Å². The maximum atomic E-state index is 11.7. The quantitative estimate of drug-likeness (QED) is 0.793. The molecule has 1 aliphatic rings. The summed E-state index contributed by atoms with van der Waals surface area (Å²) in [7, 11) is 0. The summed E-state index contributed by atoms with van der Waals surface area (Å²) >= 11 is 0. The van der Waals surface area contributed by atoms with Gasteiger partial charge in [-0.3, -0.25) is 9.69 Å². The van der Waals surface area contributed by atoms with Crippen LogP contribution in [0.25, 0.3) is 6.08 Å². The minimum Gasteiger partial charge on any atom is -0.340 e. The maximum Gasteiger partial charge on any atom is 0.245 e. The molecule has 0 radical (unpaired) electrons. The van der Waals surface area contributed by atoms with Gasteiger partial charge < -0.3 is 10.6 Å². The van der Waals surface area contributed by atoms with Gasteiger partial charge in [0, 0.05) is 32.3 Å². The summed E-state index contributed by atoms with van der Waals surface area (Å²) < 4.78 is 0. The standard InChI is InChI=1S/C15H21N3O/c1-13-2-4-14(5-3-13)6-7-15(19)17-12-18-10-8-16-9-11-18/h2-7,16H,8-12H2,1H3,(H,17,19)/b7-6+. The summed E-state index contributed by atoms with van der Waals surface area (Å²) in [6.45, 7) is 6.64. The van der Waals surface area contributed by atoms with Gasteiger partial charge in [0.25, 0.3) is 0 Å². The molecule has 1 amide bonds. The Morgan fingerprint density at radius 1 is 1.32 bits per heavy atom. The van der Waals surface area contributed by atoms with Gasteiger partial charge in [0.05, 0.1) is 6.67 Å². The first kappa shape index (κ1) is 13.8. The average molecular weight is 259 g/mol. The van der Waals surface area contributed by atoms with Crippen LogP contribution in [0.4, 0.5) is 0 Å². The Morgan fingerprint density at radius 3 is 2.68 bits per heavy atom. The molecule has 0 unspecified atom stereocenters. The van der Waals surface area contributed by atoms with E-state index in [0.29, 0.717) is 6.67 Å². The van der Waals surface area contributed by atoms with E-state index in [2.05, 4.69) is 15.5 Å². The number of nitrogens with one attached hydrogen (secondary N) is 2. The van der Waals surface area contributed by atoms with E-state index in [0.717, 1.165) is 31.7 Å².